The molecule has 1 aromatic rings. The Hall–Kier alpha value is -1.71. The van der Waals surface area contributed by atoms with E-state index in [-0.39, 0.29) is 6.04 Å². The number of methoxy groups -OCH3 is 2. The van der Waals surface area contributed by atoms with Gasteiger partial charge in [0.15, 0.2) is 17.5 Å². The fraction of sp³-hybridized carbons (Fsp3) is 0.417. The fourth-order valence-electron chi connectivity index (χ4n) is 1.45. The van der Waals surface area contributed by atoms with Crippen LogP contribution < -0.4 is 9.47 Å². The van der Waals surface area contributed by atoms with E-state index in [1.807, 2.05) is 25.1 Å². The van der Waals surface area contributed by atoms with Gasteiger partial charge in [0.25, 0.3) is 0 Å². The molecule has 0 amide bonds. The van der Waals surface area contributed by atoms with Crippen molar-refractivity contribution in [1.82, 2.24) is 0 Å². The van der Waals surface area contributed by atoms with E-state index in [0.29, 0.717) is 22.7 Å². The van der Waals surface area contributed by atoms with Crippen molar-refractivity contribution in [3.63, 3.8) is 0 Å². The average molecular weight is 223 g/mol. The molecular formula is C12H17NO3. The van der Waals surface area contributed by atoms with Crippen LogP contribution in [0.25, 0.3) is 0 Å². The van der Waals surface area contributed by atoms with Crippen LogP contribution in [0.1, 0.15) is 12.5 Å². The molecule has 1 rings (SSSR count). The zero-order chi connectivity index (χ0) is 12.1. The Morgan fingerprint density at radius 2 is 1.94 bits per heavy atom. The maximum atomic E-state index is 11.0. The number of hydroxylamine groups is 1. The normalized spacial score (nSPS) is 11.9. The Bertz CT molecular complexity index is 377. The first kappa shape index (κ1) is 12.4. The molecule has 0 aliphatic carbocycles. The van der Waals surface area contributed by atoms with Gasteiger partial charge in [-0.05, 0) is 24.6 Å². The van der Waals surface area contributed by atoms with E-state index in [0.717, 1.165) is 5.56 Å². The topological polar surface area (TPSA) is 44.5 Å². The van der Waals surface area contributed by atoms with Crippen LogP contribution in [0.4, 0.5) is 0 Å². The van der Waals surface area contributed by atoms with Crippen LogP contribution in [0.2, 0.25) is 0 Å². The Morgan fingerprint density at radius 3 is 2.44 bits per heavy atom. The molecular weight excluding hydrogens is 206 g/mol. The van der Waals surface area contributed by atoms with Crippen molar-refractivity contribution in [3.05, 3.63) is 29.0 Å². The third kappa shape index (κ3) is 2.89. The molecule has 0 radical (unpaired) electrons. The van der Waals surface area contributed by atoms with E-state index in [9.17, 15) is 5.21 Å². The van der Waals surface area contributed by atoms with Gasteiger partial charge in [-0.1, -0.05) is 6.07 Å². The standard InChI is InChI=1S/C12H17NO3/c1-9(13(2)14)7-10-5-6-11(15-3)12(8-10)16-4/h5-6,8-9H,2,7H2,1,3-4H3. The summed E-state index contributed by atoms with van der Waals surface area (Å²) in [6.45, 7) is 5.16. The van der Waals surface area contributed by atoms with E-state index in [1.165, 1.54) is 0 Å². The molecule has 0 heterocycles. The van der Waals surface area contributed by atoms with Crippen LogP contribution in [0, 0.1) is 5.21 Å². The minimum atomic E-state index is -0.155. The molecule has 16 heavy (non-hydrogen) atoms. The van der Waals surface area contributed by atoms with Crippen LogP contribution in [0.15, 0.2) is 18.2 Å². The fourth-order valence-corrected chi connectivity index (χ4v) is 1.45. The molecule has 0 fully saturated rings. The number of ether oxygens (including phenoxy) is 2. The third-order valence-corrected chi connectivity index (χ3v) is 2.47. The Balaban J connectivity index is 2.86. The molecule has 1 atom stereocenters. The Labute approximate surface area is 95.7 Å². The van der Waals surface area contributed by atoms with Gasteiger partial charge in [0, 0.05) is 6.42 Å². The summed E-state index contributed by atoms with van der Waals surface area (Å²) < 4.78 is 11.0. The van der Waals surface area contributed by atoms with Gasteiger partial charge in [-0.3, -0.25) is 0 Å². The second kappa shape index (κ2) is 5.39. The lowest BCUT2D eigenvalue weighted by molar-refractivity contribution is -0.487. The molecule has 0 aliphatic rings. The van der Waals surface area contributed by atoms with E-state index in [2.05, 4.69) is 6.72 Å². The molecule has 1 aromatic carbocycles. The minimum absolute atomic E-state index is 0.155. The number of benzene rings is 1. The summed E-state index contributed by atoms with van der Waals surface area (Å²) in [5.41, 5.74) is 1.02. The smallest absolute Gasteiger partial charge is 0.163 e. The van der Waals surface area contributed by atoms with Gasteiger partial charge < -0.3 is 14.7 Å². The molecule has 0 aromatic heterocycles. The Kier molecular flexibility index (Phi) is 4.17. The average Bonchev–Trinajstić information content (AvgIpc) is 2.28. The quantitative estimate of drug-likeness (QED) is 0.331. The largest absolute Gasteiger partial charge is 0.624 e. The minimum Gasteiger partial charge on any atom is -0.624 e. The van der Waals surface area contributed by atoms with Crippen LogP contribution in [0.5, 0.6) is 11.5 Å². The zero-order valence-corrected chi connectivity index (χ0v) is 9.90. The summed E-state index contributed by atoms with van der Waals surface area (Å²) in [5.74, 6) is 1.36. The molecule has 4 heteroatoms. The van der Waals surface area contributed by atoms with Gasteiger partial charge in [0.1, 0.15) is 6.72 Å². The van der Waals surface area contributed by atoms with E-state index >= 15 is 0 Å². The summed E-state index contributed by atoms with van der Waals surface area (Å²) in [4.78, 5) is 0. The Morgan fingerprint density at radius 1 is 1.31 bits per heavy atom. The van der Waals surface area contributed by atoms with Gasteiger partial charge in [-0.15, -0.1) is 0 Å². The highest BCUT2D eigenvalue weighted by atomic mass is 16.5. The number of rotatable bonds is 5. The first-order valence-corrected chi connectivity index (χ1v) is 5.06. The van der Waals surface area contributed by atoms with Crippen molar-refractivity contribution in [2.45, 2.75) is 19.4 Å². The highest BCUT2D eigenvalue weighted by Crippen LogP contribution is 2.28. The summed E-state index contributed by atoms with van der Waals surface area (Å²) in [6, 6.07) is 5.47. The van der Waals surface area contributed by atoms with Crippen molar-refractivity contribution in [1.29, 1.82) is 0 Å². The molecule has 4 nitrogen and oxygen atoms in total. The predicted molar refractivity (Wildman–Crippen MR) is 63.5 cm³/mol. The second-order valence-electron chi connectivity index (χ2n) is 3.66. The molecule has 0 spiro atoms. The monoisotopic (exact) mass is 223 g/mol. The maximum Gasteiger partial charge on any atom is 0.163 e. The highest BCUT2D eigenvalue weighted by Gasteiger charge is 2.11. The lowest BCUT2D eigenvalue weighted by atomic mass is 10.1. The van der Waals surface area contributed by atoms with Crippen LogP contribution in [-0.4, -0.2) is 31.7 Å². The summed E-state index contributed by atoms with van der Waals surface area (Å²) in [7, 11) is 3.18. The lowest BCUT2D eigenvalue weighted by Gasteiger charge is -2.13. The summed E-state index contributed by atoms with van der Waals surface area (Å²) in [6.07, 6.45) is 0.632. The molecule has 0 N–H and O–H groups in total. The first-order chi connectivity index (χ1) is 7.58. The molecule has 0 saturated heterocycles. The van der Waals surface area contributed by atoms with Crippen LogP contribution in [-0.2, 0) is 6.42 Å². The SMILES string of the molecule is C=[N+]([O-])C(C)Cc1ccc(OC)c(OC)c1. The molecule has 0 saturated carbocycles. The van der Waals surface area contributed by atoms with Crippen molar-refractivity contribution in [2.75, 3.05) is 14.2 Å². The molecule has 1 unspecified atom stereocenters. The molecule has 88 valence electrons. The van der Waals surface area contributed by atoms with E-state index in [1.54, 1.807) is 14.2 Å². The molecule has 0 bridgehead atoms. The van der Waals surface area contributed by atoms with E-state index < -0.39 is 0 Å². The van der Waals surface area contributed by atoms with Gasteiger partial charge in [-0.2, -0.15) is 0 Å². The third-order valence-electron chi connectivity index (χ3n) is 2.47. The van der Waals surface area contributed by atoms with Crippen molar-refractivity contribution in [3.8, 4) is 11.5 Å². The van der Waals surface area contributed by atoms with E-state index in [4.69, 9.17) is 9.47 Å². The number of nitrogens with zero attached hydrogens (tertiary/aromatic N) is 1. The van der Waals surface area contributed by atoms with Crippen molar-refractivity contribution in [2.24, 2.45) is 0 Å². The van der Waals surface area contributed by atoms with Gasteiger partial charge in [-0.25, -0.2) is 4.74 Å². The zero-order valence-electron chi connectivity index (χ0n) is 9.90. The number of hydrogen-bond donors (Lipinski definition) is 0. The van der Waals surface area contributed by atoms with Crippen molar-refractivity contribution < 1.29 is 14.2 Å². The van der Waals surface area contributed by atoms with Crippen LogP contribution in [0.3, 0.4) is 0 Å². The van der Waals surface area contributed by atoms with Gasteiger partial charge in [0.2, 0.25) is 0 Å². The maximum absolute atomic E-state index is 11.0. The lowest BCUT2D eigenvalue weighted by Crippen LogP contribution is -2.18. The number of hydrogen-bond acceptors (Lipinski definition) is 3. The molecule has 0 aliphatic heterocycles. The first-order valence-electron chi connectivity index (χ1n) is 5.06. The van der Waals surface area contributed by atoms with Gasteiger partial charge >= 0.3 is 0 Å². The van der Waals surface area contributed by atoms with Crippen molar-refractivity contribution >= 4 is 6.72 Å². The van der Waals surface area contributed by atoms with Gasteiger partial charge in [0.05, 0.1) is 14.2 Å². The summed E-state index contributed by atoms with van der Waals surface area (Å²) in [5, 5.41) is 11.0. The second-order valence-corrected chi connectivity index (χ2v) is 3.66. The van der Waals surface area contributed by atoms with Crippen LogP contribution >= 0.6 is 0 Å². The predicted octanol–water partition coefficient (Wildman–Crippen LogP) is 1.85. The summed E-state index contributed by atoms with van der Waals surface area (Å²) >= 11 is 0. The highest BCUT2D eigenvalue weighted by molar-refractivity contribution is 5.43.